The molecule has 6 atom stereocenters. The molecule has 0 amide bonds. The fourth-order valence-corrected chi connectivity index (χ4v) is 6.32. The van der Waals surface area contributed by atoms with Gasteiger partial charge < -0.3 is 10.2 Å². The maximum Gasteiger partial charge on any atom is 0.0824 e. The van der Waals surface area contributed by atoms with Crippen LogP contribution in [-0.2, 0) is 0 Å². The normalized spacial score (nSPS) is 50.1. The van der Waals surface area contributed by atoms with E-state index in [1.54, 1.807) is 0 Å². The van der Waals surface area contributed by atoms with Gasteiger partial charge in [-0.25, -0.2) is 0 Å². The van der Waals surface area contributed by atoms with Gasteiger partial charge in [0.25, 0.3) is 0 Å². The highest BCUT2D eigenvalue weighted by Gasteiger charge is 2.58. The van der Waals surface area contributed by atoms with Crippen LogP contribution in [0.2, 0.25) is 0 Å². The number of rotatable bonds is 2. The highest BCUT2D eigenvalue weighted by atomic mass is 16.3. The Morgan fingerprint density at radius 1 is 1.18 bits per heavy atom. The second-order valence-electron chi connectivity index (χ2n) is 9.26. The summed E-state index contributed by atoms with van der Waals surface area (Å²) in [6.07, 6.45) is 9.14. The summed E-state index contributed by atoms with van der Waals surface area (Å²) in [6.45, 7) is 11.5. The van der Waals surface area contributed by atoms with E-state index in [1.807, 2.05) is 0 Å². The minimum atomic E-state index is -0.563. The summed E-state index contributed by atoms with van der Waals surface area (Å²) >= 11 is 0. The Kier molecular flexibility index (Phi) is 4.01. The smallest absolute Gasteiger partial charge is 0.0824 e. The van der Waals surface area contributed by atoms with Crippen LogP contribution in [-0.4, -0.2) is 22.9 Å². The Morgan fingerprint density at radius 3 is 2.59 bits per heavy atom. The van der Waals surface area contributed by atoms with Gasteiger partial charge in [-0.2, -0.15) is 0 Å². The first-order valence-corrected chi connectivity index (χ1v) is 9.23. The molecule has 0 aromatic rings. The highest BCUT2D eigenvalue weighted by Crippen LogP contribution is 2.67. The van der Waals surface area contributed by atoms with Crippen molar-refractivity contribution in [2.75, 3.05) is 6.61 Å². The number of allylic oxidation sites excluding steroid dienone is 1. The van der Waals surface area contributed by atoms with E-state index >= 15 is 0 Å². The van der Waals surface area contributed by atoms with E-state index in [2.05, 4.69) is 27.4 Å². The molecule has 0 radical (unpaired) electrons. The van der Waals surface area contributed by atoms with Gasteiger partial charge in [-0.1, -0.05) is 32.9 Å². The third kappa shape index (κ3) is 2.21. The highest BCUT2D eigenvalue weighted by molar-refractivity contribution is 5.20. The van der Waals surface area contributed by atoms with E-state index in [4.69, 9.17) is 0 Å². The molecule has 3 aliphatic carbocycles. The van der Waals surface area contributed by atoms with Gasteiger partial charge in [0, 0.05) is 0 Å². The summed E-state index contributed by atoms with van der Waals surface area (Å²) < 4.78 is 0. The summed E-state index contributed by atoms with van der Waals surface area (Å²) in [5.74, 6) is 1.45. The molecule has 3 saturated carbocycles. The van der Waals surface area contributed by atoms with Crippen molar-refractivity contribution in [3.63, 3.8) is 0 Å². The average Bonchev–Trinajstić information content (AvgIpc) is 2.49. The maximum absolute atomic E-state index is 10.3. The largest absolute Gasteiger partial charge is 0.394 e. The molecule has 0 saturated heterocycles. The van der Waals surface area contributed by atoms with Crippen LogP contribution in [0.15, 0.2) is 12.2 Å². The molecule has 0 aromatic heterocycles. The SMILES string of the molecule is C=C1CCC[C@@H]2[C@@]3(C)CC[C@](C)([C@@H](O)CO)C[C@@H]3CC[C@@]12C. The van der Waals surface area contributed by atoms with Crippen LogP contribution < -0.4 is 0 Å². The molecule has 2 nitrogen and oxygen atoms in total. The van der Waals surface area contributed by atoms with E-state index in [0.717, 1.165) is 18.8 Å². The minimum absolute atomic E-state index is 0.0989. The monoisotopic (exact) mass is 306 g/mol. The fourth-order valence-electron chi connectivity index (χ4n) is 6.32. The van der Waals surface area contributed by atoms with E-state index in [9.17, 15) is 10.2 Å². The first kappa shape index (κ1) is 16.5. The topological polar surface area (TPSA) is 40.5 Å². The molecule has 0 aromatic carbocycles. The number of fused-ring (bicyclic) bond motifs is 3. The molecule has 0 unspecified atom stereocenters. The summed E-state index contributed by atoms with van der Waals surface area (Å²) in [6, 6.07) is 0. The van der Waals surface area contributed by atoms with E-state index in [-0.39, 0.29) is 12.0 Å². The molecule has 0 heterocycles. The van der Waals surface area contributed by atoms with Crippen LogP contribution in [0.3, 0.4) is 0 Å². The lowest BCUT2D eigenvalue weighted by Crippen LogP contribution is -2.55. The molecule has 3 fully saturated rings. The summed E-state index contributed by atoms with van der Waals surface area (Å²) in [7, 11) is 0. The molecule has 3 rings (SSSR count). The van der Waals surface area contributed by atoms with Crippen molar-refractivity contribution in [3.05, 3.63) is 12.2 Å². The van der Waals surface area contributed by atoms with Crippen LogP contribution >= 0.6 is 0 Å². The van der Waals surface area contributed by atoms with Gasteiger partial charge in [-0.05, 0) is 79.4 Å². The van der Waals surface area contributed by atoms with Gasteiger partial charge in [-0.3, -0.25) is 0 Å². The summed E-state index contributed by atoms with van der Waals surface area (Å²) in [4.78, 5) is 0. The predicted molar refractivity (Wildman–Crippen MR) is 90.5 cm³/mol. The Hall–Kier alpha value is -0.340. The van der Waals surface area contributed by atoms with Crippen LogP contribution in [0, 0.1) is 28.1 Å². The second-order valence-corrected chi connectivity index (χ2v) is 9.26. The molecule has 3 aliphatic rings. The van der Waals surface area contributed by atoms with Crippen LogP contribution in [0.5, 0.6) is 0 Å². The standard InChI is InChI=1S/C20H34O2/c1-14-6-5-7-16-19(14,3)9-8-15-12-18(2,17(22)13-21)10-11-20(15,16)4/h15-17,21-22H,1,5-13H2,2-4H3/t15-,16-,17-,18-,19-,20-/m0/s1. The van der Waals surface area contributed by atoms with Gasteiger partial charge in [0.05, 0.1) is 12.7 Å². The lowest BCUT2D eigenvalue weighted by molar-refractivity contribution is -0.134. The lowest BCUT2D eigenvalue weighted by Gasteiger charge is -2.63. The van der Waals surface area contributed by atoms with Crippen molar-refractivity contribution >= 4 is 0 Å². The molecule has 22 heavy (non-hydrogen) atoms. The third-order valence-electron chi connectivity index (χ3n) is 8.21. The van der Waals surface area contributed by atoms with Gasteiger partial charge in [-0.15, -0.1) is 0 Å². The van der Waals surface area contributed by atoms with Gasteiger partial charge >= 0.3 is 0 Å². The average molecular weight is 306 g/mol. The molecule has 2 heteroatoms. The molecular weight excluding hydrogens is 272 g/mol. The predicted octanol–water partition coefficient (Wildman–Crippen LogP) is 4.31. The minimum Gasteiger partial charge on any atom is -0.394 e. The number of hydrogen-bond acceptors (Lipinski definition) is 2. The Balaban J connectivity index is 1.87. The quantitative estimate of drug-likeness (QED) is 0.746. The Morgan fingerprint density at radius 2 is 1.91 bits per heavy atom. The molecule has 0 aliphatic heterocycles. The van der Waals surface area contributed by atoms with Crippen molar-refractivity contribution in [2.24, 2.45) is 28.1 Å². The zero-order valence-electron chi connectivity index (χ0n) is 14.7. The third-order valence-corrected chi connectivity index (χ3v) is 8.21. The summed E-state index contributed by atoms with van der Waals surface area (Å²) in [5.41, 5.74) is 2.13. The summed E-state index contributed by atoms with van der Waals surface area (Å²) in [5, 5.41) is 19.7. The second kappa shape index (κ2) is 5.34. The molecule has 0 spiro atoms. The zero-order valence-corrected chi connectivity index (χ0v) is 14.7. The Bertz CT molecular complexity index is 459. The molecule has 0 bridgehead atoms. The lowest BCUT2D eigenvalue weighted by atomic mass is 9.42. The Labute approximate surface area is 136 Å². The van der Waals surface area contributed by atoms with E-state index < -0.39 is 6.10 Å². The fraction of sp³-hybridized carbons (Fsp3) is 0.900. The van der Waals surface area contributed by atoms with Gasteiger partial charge in [0.1, 0.15) is 0 Å². The van der Waals surface area contributed by atoms with Crippen molar-refractivity contribution in [1.29, 1.82) is 0 Å². The maximum atomic E-state index is 10.3. The molecule has 126 valence electrons. The van der Waals surface area contributed by atoms with Crippen LogP contribution in [0.25, 0.3) is 0 Å². The zero-order chi connectivity index (χ0) is 16.2. The van der Waals surface area contributed by atoms with Crippen molar-refractivity contribution in [2.45, 2.75) is 78.2 Å². The van der Waals surface area contributed by atoms with Gasteiger partial charge in [0.2, 0.25) is 0 Å². The molecule has 2 N–H and O–H groups in total. The van der Waals surface area contributed by atoms with Crippen molar-refractivity contribution in [1.82, 2.24) is 0 Å². The van der Waals surface area contributed by atoms with Crippen LogP contribution in [0.1, 0.15) is 72.1 Å². The number of hydrogen-bond donors (Lipinski definition) is 2. The van der Waals surface area contributed by atoms with Crippen LogP contribution in [0.4, 0.5) is 0 Å². The van der Waals surface area contributed by atoms with E-state index in [1.165, 1.54) is 44.1 Å². The van der Waals surface area contributed by atoms with Gasteiger partial charge in [0.15, 0.2) is 0 Å². The van der Waals surface area contributed by atoms with E-state index in [0.29, 0.717) is 16.7 Å². The first-order valence-electron chi connectivity index (χ1n) is 9.23. The number of aliphatic hydroxyl groups is 2. The van der Waals surface area contributed by atoms with Crippen molar-refractivity contribution < 1.29 is 10.2 Å². The first-order chi connectivity index (χ1) is 10.3. The number of aliphatic hydroxyl groups excluding tert-OH is 2. The van der Waals surface area contributed by atoms with Crippen molar-refractivity contribution in [3.8, 4) is 0 Å². The molecular formula is C20H34O2.